The molecule has 0 aromatic heterocycles. The monoisotopic (exact) mass is 1470 g/mol. The normalized spacial score (nSPS) is 20.9. The average Bonchev–Trinajstić information content (AvgIpc) is 0.782. The zero-order chi connectivity index (χ0) is 74.5. The number of carbonyl (C=O) groups is 5. The highest BCUT2D eigenvalue weighted by Crippen LogP contribution is 2.53. The van der Waals surface area contributed by atoms with E-state index in [1.165, 1.54) is 75.7 Å². The van der Waals surface area contributed by atoms with Crippen molar-refractivity contribution in [3.8, 4) is 0 Å². The molecule has 0 radical (unpaired) electrons. The molecule has 0 aromatic carbocycles. The molecule has 0 spiro atoms. The number of hydrogen-bond acceptors (Lipinski definition) is 22. The van der Waals surface area contributed by atoms with Crippen LogP contribution in [0.2, 0.25) is 0 Å². The van der Waals surface area contributed by atoms with E-state index in [1.807, 2.05) is 0 Å². The van der Waals surface area contributed by atoms with E-state index in [0.29, 0.717) is 32.1 Å². The average molecular weight is 1470 g/mol. The number of hydrogen-bond donors (Lipinski definition) is 1. The van der Waals surface area contributed by atoms with E-state index in [2.05, 4.69) is 66.2 Å². The molecule has 0 amide bonds. The predicted octanol–water partition coefficient (Wildman–Crippen LogP) is 18.8. The Labute approximate surface area is 614 Å². The summed E-state index contributed by atoms with van der Waals surface area (Å²) in [5.41, 5.74) is 0. The van der Waals surface area contributed by atoms with Gasteiger partial charge in [0.05, 0.1) is 25.9 Å². The lowest BCUT2D eigenvalue weighted by Crippen LogP contribution is -2.64. The van der Waals surface area contributed by atoms with Crippen LogP contribution in [-0.2, 0) is 89.4 Å². The lowest BCUT2D eigenvalue weighted by molar-refractivity contribution is -0.332. The molecule has 0 aromatic rings. The molecule has 2 rings (SSSR count). The number of unbranched alkanes of at least 4 members (excludes halogenated alkanes) is 30. The summed E-state index contributed by atoms with van der Waals surface area (Å²) in [4.78, 5) is 68.6. The van der Waals surface area contributed by atoms with Crippen LogP contribution in [0.15, 0.2) is 62.8 Å². The Morgan fingerprint density at radius 1 is 0.441 bits per heavy atom. The molecule has 0 bridgehead atoms. The van der Waals surface area contributed by atoms with Crippen LogP contribution in [0.25, 0.3) is 0 Å². The van der Waals surface area contributed by atoms with Gasteiger partial charge in [-0.25, -0.2) is 14.2 Å². The fourth-order valence-electron chi connectivity index (χ4n) is 12.2. The molecule has 590 valence electrons. The van der Waals surface area contributed by atoms with Crippen molar-refractivity contribution in [2.45, 2.75) is 352 Å². The maximum atomic E-state index is 14.8. The third-order valence-corrected chi connectivity index (χ3v) is 19.3. The van der Waals surface area contributed by atoms with Crippen LogP contribution in [0.3, 0.4) is 0 Å². The number of esters is 2. The molecule has 1 unspecified atom stereocenters. The van der Waals surface area contributed by atoms with Gasteiger partial charge in [-0.1, -0.05) is 257 Å². The van der Waals surface area contributed by atoms with Crippen LogP contribution in [0.4, 0.5) is 9.59 Å². The molecule has 2 heterocycles. The van der Waals surface area contributed by atoms with Gasteiger partial charge in [0.2, 0.25) is 0 Å². The van der Waals surface area contributed by atoms with Gasteiger partial charge < -0.3 is 61.9 Å². The van der Waals surface area contributed by atoms with Gasteiger partial charge in [-0.15, -0.1) is 13.2 Å². The number of rotatable bonds is 68. The number of ether oxygens (including phenoxy) is 12. The highest BCUT2D eigenvalue weighted by Gasteiger charge is 2.56. The third-order valence-electron chi connectivity index (χ3n) is 17.9. The second-order valence-electron chi connectivity index (χ2n) is 26.8. The van der Waals surface area contributed by atoms with Gasteiger partial charge in [-0.3, -0.25) is 28.0 Å². The number of Topliss-reactive ketones (excluding diaryl/α,β-unsaturated/α-hetero) is 1. The van der Waals surface area contributed by atoms with Crippen LogP contribution in [-0.4, -0.2) is 163 Å². The van der Waals surface area contributed by atoms with Crippen molar-refractivity contribution in [2.24, 2.45) is 0 Å². The van der Waals surface area contributed by atoms with Crippen LogP contribution in [0.5, 0.6) is 0 Å². The Morgan fingerprint density at radius 3 is 1.45 bits per heavy atom. The van der Waals surface area contributed by atoms with E-state index in [1.54, 1.807) is 7.11 Å². The van der Waals surface area contributed by atoms with Gasteiger partial charge >= 0.3 is 32.1 Å². The first-order valence-corrected chi connectivity index (χ1v) is 40.7. The van der Waals surface area contributed by atoms with E-state index < -0.39 is 113 Å². The Hall–Kier alpha value is -4.32. The molecule has 23 heteroatoms. The fraction of sp³-hybridized carbons (Fsp3) is 0.810. The number of phosphoric ester groups is 1. The number of methoxy groups -OCH3 is 1. The topological polar surface area (TPSA) is 261 Å². The Bertz CT molecular complexity index is 2250. The summed E-state index contributed by atoms with van der Waals surface area (Å²) in [7, 11) is -3.07. The molecular formula is C79H137O22P. The maximum absolute atomic E-state index is 14.8. The van der Waals surface area contributed by atoms with Gasteiger partial charge in [0.15, 0.2) is 30.9 Å². The number of allylic oxidation sites excluding steroid dienone is 2. The second kappa shape index (κ2) is 62.8. The summed E-state index contributed by atoms with van der Waals surface area (Å²) < 4.78 is 106. The first-order valence-electron chi connectivity index (χ1n) is 39.2. The predicted molar refractivity (Wildman–Crippen MR) is 396 cm³/mol. The minimum Gasteiger partial charge on any atom is -0.454 e. The molecule has 102 heavy (non-hydrogen) atoms. The SMILES string of the molecule is C=CCOC(=O)OC[C@H]1O[C@@H](OC[C@H]2OC(O)[C@H](OC(=O)CC(=O)CCCCCCCCCCC)[C@@H](OCCCCCCCCCC)[C@@H]2OC(=O)OCC=C)[C@H](OC(=O)CCCCCCCCC/C=C\CCCCCC)[C@@H](OCC[C@@H](CCCCCCC)OC)[C@@H]1OP(=O)(OCC=C)OCC=C. The number of carbonyl (C=O) groups excluding carboxylic acids is 5. The van der Waals surface area contributed by atoms with Crippen LogP contribution >= 0.6 is 7.82 Å². The van der Waals surface area contributed by atoms with Gasteiger partial charge in [-0.2, -0.15) is 0 Å². The molecule has 2 fully saturated rings. The minimum absolute atomic E-state index is 0.0388. The number of phosphoric acid groups is 1. The first kappa shape index (κ1) is 93.8. The van der Waals surface area contributed by atoms with Crippen molar-refractivity contribution in [3.05, 3.63) is 62.8 Å². The van der Waals surface area contributed by atoms with E-state index in [-0.39, 0.29) is 64.4 Å². The smallest absolute Gasteiger partial charge is 0.454 e. The summed E-state index contributed by atoms with van der Waals surface area (Å²) >= 11 is 0. The Balaban J connectivity index is 2.77. The lowest BCUT2D eigenvalue weighted by Gasteiger charge is -2.46. The standard InChI is InChI=1S/C79H137O22P/c1-10-18-22-26-29-32-33-34-35-36-37-39-41-45-49-53-68(81)98-75-73(89-60-54-65(87-9)52-48-43-25-21-13-4)71(101-102(86,94-57-16-7)95-58-17-8)67(63-93-78(84)90-55-14-5)97-77(75)92-62-66-70(100-79(85)91-56-15-6)72(88-59-50-46-42-31-28-24-20-12-3)74(76(83)96-66)99-69(82)61-64(80)51-47-44-40-38-30-27-23-19-11-2/h14-17,32-33,65-67,70-77,83H,5-8,10-13,18-31,34-63H2,1-4,9H3/b33-32-/t65-,66-,67-,70-,71-,72+,73+,74-,75-,76?,77-/m1/s1. The van der Waals surface area contributed by atoms with Crippen molar-refractivity contribution in [3.63, 3.8) is 0 Å². The summed E-state index contributed by atoms with van der Waals surface area (Å²) in [6.07, 6.45) is 27.7. The fourth-order valence-corrected chi connectivity index (χ4v) is 13.5. The zero-order valence-electron chi connectivity index (χ0n) is 63.6. The molecule has 2 aliphatic rings. The molecule has 0 aliphatic carbocycles. The van der Waals surface area contributed by atoms with Gasteiger partial charge in [-0.05, 0) is 57.8 Å². The van der Waals surface area contributed by atoms with Crippen LogP contribution in [0.1, 0.15) is 285 Å². The summed E-state index contributed by atoms with van der Waals surface area (Å²) in [5, 5.41) is 12.1. The van der Waals surface area contributed by atoms with Crippen molar-refractivity contribution in [1.82, 2.24) is 0 Å². The van der Waals surface area contributed by atoms with Crippen molar-refractivity contribution < 1.29 is 104 Å². The highest BCUT2D eigenvalue weighted by atomic mass is 31.2. The van der Waals surface area contributed by atoms with Gasteiger partial charge in [0.25, 0.3) is 0 Å². The largest absolute Gasteiger partial charge is 0.509 e. The zero-order valence-corrected chi connectivity index (χ0v) is 64.4. The number of ketones is 1. The molecule has 22 nitrogen and oxygen atoms in total. The molecular weight excluding hydrogens is 1330 g/mol. The Kier molecular flexibility index (Phi) is 57.8. The molecule has 2 saturated heterocycles. The molecule has 11 atom stereocenters. The van der Waals surface area contributed by atoms with Crippen LogP contribution in [0, 0.1) is 0 Å². The van der Waals surface area contributed by atoms with Crippen molar-refractivity contribution in [1.29, 1.82) is 0 Å². The summed E-state index contributed by atoms with van der Waals surface area (Å²) in [6, 6.07) is 0. The second-order valence-corrected chi connectivity index (χ2v) is 28.4. The number of aliphatic hydroxyl groups is 1. The van der Waals surface area contributed by atoms with Gasteiger partial charge in [0.1, 0.15) is 62.5 Å². The van der Waals surface area contributed by atoms with E-state index in [9.17, 15) is 33.6 Å². The van der Waals surface area contributed by atoms with Gasteiger partial charge in [0, 0.05) is 33.2 Å². The maximum Gasteiger partial charge on any atom is 0.509 e. The van der Waals surface area contributed by atoms with E-state index in [0.717, 1.165) is 154 Å². The minimum atomic E-state index is -4.69. The highest BCUT2D eigenvalue weighted by molar-refractivity contribution is 7.48. The van der Waals surface area contributed by atoms with E-state index >= 15 is 0 Å². The van der Waals surface area contributed by atoms with Crippen LogP contribution < -0.4 is 0 Å². The molecule has 0 saturated carbocycles. The lowest BCUT2D eigenvalue weighted by atomic mass is 9.97. The molecule has 2 aliphatic heterocycles. The van der Waals surface area contributed by atoms with Crippen molar-refractivity contribution in [2.75, 3.05) is 60.0 Å². The third kappa shape index (κ3) is 44.6. The Morgan fingerprint density at radius 2 is 0.902 bits per heavy atom. The quantitative estimate of drug-likeness (QED) is 0.0148. The summed E-state index contributed by atoms with van der Waals surface area (Å²) in [5.74, 6) is -1.96. The summed E-state index contributed by atoms with van der Waals surface area (Å²) in [6.45, 7) is 21.0. The van der Waals surface area contributed by atoms with Crippen molar-refractivity contribution >= 4 is 37.9 Å². The van der Waals surface area contributed by atoms with E-state index in [4.69, 9.17) is 70.4 Å². The number of aliphatic hydroxyl groups excluding tert-OH is 1. The first-order chi connectivity index (χ1) is 49.7. The molecule has 1 N–H and O–H groups in total.